The molecule has 1 nitrogen and oxygen atoms in total. The predicted molar refractivity (Wildman–Crippen MR) is 58.3 cm³/mol. The molecule has 1 N–H and O–H groups in total. The van der Waals surface area contributed by atoms with E-state index < -0.39 is 0 Å². The van der Waals surface area contributed by atoms with Gasteiger partial charge in [-0.25, -0.2) is 4.39 Å². The lowest BCUT2D eigenvalue weighted by molar-refractivity contribution is 0.623. The van der Waals surface area contributed by atoms with Crippen LogP contribution in [0, 0.1) is 18.2 Å². The van der Waals surface area contributed by atoms with Crippen molar-refractivity contribution in [2.75, 3.05) is 0 Å². The molecule has 74 valence electrons. The minimum Gasteiger partial charge on any atom is -0.305 e. The lowest BCUT2D eigenvalue weighted by atomic mass is 9.98. The van der Waals surface area contributed by atoms with Gasteiger partial charge in [0.25, 0.3) is 0 Å². The Labute approximate surface area is 83.8 Å². The normalized spacial score (nSPS) is 10.0. The molecular weight excluding hydrogens is 177 g/mol. The summed E-state index contributed by atoms with van der Waals surface area (Å²) in [5.41, 5.74) is 3.20. The number of benzene rings is 1. The maximum atomic E-state index is 13.5. The van der Waals surface area contributed by atoms with Crippen molar-refractivity contribution in [1.29, 1.82) is 5.41 Å². The first-order chi connectivity index (χ1) is 6.43. The standard InChI is InChI=1S/C12H14FN/c1-7(2)10-5-8(3)11(9(4)14)6-12(10)13/h5-6,14H,1H2,2-4H3. The maximum Gasteiger partial charge on any atom is 0.131 e. The van der Waals surface area contributed by atoms with Gasteiger partial charge in [-0.15, -0.1) is 0 Å². The number of rotatable bonds is 2. The van der Waals surface area contributed by atoms with Crippen LogP contribution in [0.3, 0.4) is 0 Å². The molecule has 0 saturated carbocycles. The smallest absolute Gasteiger partial charge is 0.131 e. The van der Waals surface area contributed by atoms with E-state index in [1.165, 1.54) is 6.07 Å². The highest BCUT2D eigenvalue weighted by Crippen LogP contribution is 2.21. The van der Waals surface area contributed by atoms with Gasteiger partial charge in [-0.2, -0.15) is 0 Å². The summed E-state index contributed by atoms with van der Waals surface area (Å²) in [4.78, 5) is 0. The van der Waals surface area contributed by atoms with E-state index in [-0.39, 0.29) is 5.82 Å². The van der Waals surface area contributed by atoms with Crippen molar-refractivity contribution >= 4 is 11.3 Å². The van der Waals surface area contributed by atoms with Gasteiger partial charge in [0.05, 0.1) is 0 Å². The van der Waals surface area contributed by atoms with E-state index in [1.54, 1.807) is 19.9 Å². The van der Waals surface area contributed by atoms with Crippen molar-refractivity contribution in [3.05, 3.63) is 41.2 Å². The van der Waals surface area contributed by atoms with E-state index in [2.05, 4.69) is 6.58 Å². The van der Waals surface area contributed by atoms with Gasteiger partial charge in [0.2, 0.25) is 0 Å². The second kappa shape index (κ2) is 3.74. The SMILES string of the molecule is C=C(C)c1cc(C)c(C(C)=N)cc1F. The van der Waals surface area contributed by atoms with E-state index in [1.807, 2.05) is 6.92 Å². The Kier molecular flexibility index (Phi) is 2.84. The van der Waals surface area contributed by atoms with Crippen molar-refractivity contribution in [2.45, 2.75) is 20.8 Å². The average molecular weight is 191 g/mol. The number of nitrogens with one attached hydrogen (secondary N) is 1. The Hall–Kier alpha value is -1.44. The van der Waals surface area contributed by atoms with E-state index >= 15 is 0 Å². The van der Waals surface area contributed by atoms with Gasteiger partial charge < -0.3 is 5.41 Å². The zero-order chi connectivity index (χ0) is 10.9. The Morgan fingerprint density at radius 3 is 2.29 bits per heavy atom. The quantitative estimate of drug-likeness (QED) is 0.691. The molecule has 0 aliphatic heterocycles. The van der Waals surface area contributed by atoms with Crippen LogP contribution in [0.15, 0.2) is 18.7 Å². The Morgan fingerprint density at radius 2 is 1.86 bits per heavy atom. The molecule has 14 heavy (non-hydrogen) atoms. The monoisotopic (exact) mass is 191 g/mol. The molecule has 2 heteroatoms. The van der Waals surface area contributed by atoms with Crippen LogP contribution in [-0.4, -0.2) is 5.71 Å². The molecule has 0 aliphatic rings. The second-order valence-electron chi connectivity index (χ2n) is 3.55. The van der Waals surface area contributed by atoms with Crippen molar-refractivity contribution in [2.24, 2.45) is 0 Å². The summed E-state index contributed by atoms with van der Waals surface area (Å²) in [6.45, 7) is 9.01. The van der Waals surface area contributed by atoms with Gasteiger partial charge in [-0.05, 0) is 44.0 Å². The Morgan fingerprint density at radius 1 is 1.29 bits per heavy atom. The third kappa shape index (κ3) is 1.90. The number of hydrogen-bond acceptors (Lipinski definition) is 1. The third-order valence-corrected chi connectivity index (χ3v) is 2.18. The van der Waals surface area contributed by atoms with E-state index in [9.17, 15) is 4.39 Å². The number of hydrogen-bond donors (Lipinski definition) is 1. The van der Waals surface area contributed by atoms with Crippen LogP contribution in [-0.2, 0) is 0 Å². The molecule has 0 radical (unpaired) electrons. The first-order valence-corrected chi connectivity index (χ1v) is 4.45. The zero-order valence-electron chi connectivity index (χ0n) is 8.74. The van der Waals surface area contributed by atoms with Crippen LogP contribution in [0.1, 0.15) is 30.5 Å². The Bertz CT molecular complexity index is 365. The van der Waals surface area contributed by atoms with Crippen LogP contribution in [0.5, 0.6) is 0 Å². The molecule has 0 fully saturated rings. The molecule has 0 atom stereocenters. The molecule has 0 amide bonds. The van der Waals surface area contributed by atoms with Gasteiger partial charge in [-0.3, -0.25) is 0 Å². The summed E-state index contributed by atoms with van der Waals surface area (Å²) in [7, 11) is 0. The fraction of sp³-hybridized carbons (Fsp3) is 0.250. The van der Waals surface area contributed by atoms with Gasteiger partial charge in [-0.1, -0.05) is 6.58 Å². The fourth-order valence-electron chi connectivity index (χ4n) is 1.41. The van der Waals surface area contributed by atoms with Crippen LogP contribution in [0.4, 0.5) is 4.39 Å². The first-order valence-electron chi connectivity index (χ1n) is 4.45. The zero-order valence-corrected chi connectivity index (χ0v) is 8.74. The van der Waals surface area contributed by atoms with Crippen molar-refractivity contribution in [1.82, 2.24) is 0 Å². The minimum absolute atomic E-state index is 0.301. The molecule has 1 rings (SSSR count). The molecule has 0 aliphatic carbocycles. The highest BCUT2D eigenvalue weighted by atomic mass is 19.1. The summed E-state index contributed by atoms with van der Waals surface area (Å²) in [5, 5.41) is 7.46. The summed E-state index contributed by atoms with van der Waals surface area (Å²) in [6.07, 6.45) is 0. The van der Waals surface area contributed by atoms with Gasteiger partial charge in [0.15, 0.2) is 0 Å². The maximum absolute atomic E-state index is 13.5. The molecule has 0 saturated heterocycles. The highest BCUT2D eigenvalue weighted by molar-refractivity contribution is 5.97. The van der Waals surface area contributed by atoms with Crippen LogP contribution in [0.25, 0.3) is 5.57 Å². The number of halogens is 1. The first kappa shape index (κ1) is 10.6. The lowest BCUT2D eigenvalue weighted by Gasteiger charge is -2.08. The van der Waals surface area contributed by atoms with E-state index in [0.717, 1.165) is 5.56 Å². The summed E-state index contributed by atoms with van der Waals surface area (Å²) < 4.78 is 13.5. The topological polar surface area (TPSA) is 23.9 Å². The summed E-state index contributed by atoms with van der Waals surface area (Å²) >= 11 is 0. The number of allylic oxidation sites excluding steroid dienone is 1. The van der Waals surface area contributed by atoms with E-state index in [0.29, 0.717) is 22.4 Å². The second-order valence-corrected chi connectivity index (χ2v) is 3.55. The molecule has 1 aromatic rings. The lowest BCUT2D eigenvalue weighted by Crippen LogP contribution is -1.99. The third-order valence-electron chi connectivity index (χ3n) is 2.18. The Balaban J connectivity index is 3.38. The van der Waals surface area contributed by atoms with Crippen molar-refractivity contribution < 1.29 is 4.39 Å². The van der Waals surface area contributed by atoms with Crippen LogP contribution in [0.2, 0.25) is 0 Å². The molecule has 0 heterocycles. The minimum atomic E-state index is -0.301. The summed E-state index contributed by atoms with van der Waals surface area (Å²) in [5.74, 6) is -0.301. The van der Waals surface area contributed by atoms with E-state index in [4.69, 9.17) is 5.41 Å². The van der Waals surface area contributed by atoms with Crippen LogP contribution >= 0.6 is 0 Å². The fourth-order valence-corrected chi connectivity index (χ4v) is 1.41. The molecule has 1 aromatic carbocycles. The van der Waals surface area contributed by atoms with Gasteiger partial charge in [0.1, 0.15) is 5.82 Å². The molecule has 0 bridgehead atoms. The van der Waals surface area contributed by atoms with Crippen molar-refractivity contribution in [3.8, 4) is 0 Å². The molecule has 0 unspecified atom stereocenters. The molecule has 0 spiro atoms. The van der Waals surface area contributed by atoms with Crippen LogP contribution < -0.4 is 0 Å². The van der Waals surface area contributed by atoms with Gasteiger partial charge in [0, 0.05) is 16.8 Å². The number of aryl methyl sites for hydroxylation is 1. The molecular formula is C12H14FN. The van der Waals surface area contributed by atoms with Crippen molar-refractivity contribution in [3.63, 3.8) is 0 Å². The summed E-state index contributed by atoms with van der Waals surface area (Å²) in [6, 6.07) is 3.15. The molecule has 0 aromatic heterocycles. The van der Waals surface area contributed by atoms with Gasteiger partial charge >= 0.3 is 0 Å². The average Bonchev–Trinajstić information content (AvgIpc) is 2.07. The predicted octanol–water partition coefficient (Wildman–Crippen LogP) is 3.55. The largest absolute Gasteiger partial charge is 0.305 e. The highest BCUT2D eigenvalue weighted by Gasteiger charge is 2.08.